The number of halogens is 3. The van der Waals surface area contributed by atoms with E-state index in [9.17, 15) is 18.4 Å². The number of hydrogen-bond donors (Lipinski definition) is 1. The average Bonchev–Trinajstić information content (AvgIpc) is 3.77. The average molecular weight is 688 g/mol. The van der Waals surface area contributed by atoms with E-state index < -0.39 is 24.2 Å². The van der Waals surface area contributed by atoms with Gasteiger partial charge in [-0.3, -0.25) is 19.5 Å². The van der Waals surface area contributed by atoms with Crippen molar-refractivity contribution in [1.82, 2.24) is 24.7 Å². The van der Waals surface area contributed by atoms with E-state index in [4.69, 9.17) is 27.1 Å². The number of nitrogens with two attached hydrogens (primary N) is 1. The fraction of sp³-hybridized carbons (Fsp3) is 0.314. The third-order valence-electron chi connectivity index (χ3n) is 8.77. The number of aromatic nitrogens is 5. The Morgan fingerprint density at radius 3 is 2.63 bits per heavy atom. The topological polar surface area (TPSA) is 138 Å². The Kier molecular flexibility index (Phi) is 8.18. The minimum atomic E-state index is -3.02. The molecule has 2 aliphatic rings. The second kappa shape index (κ2) is 12.4. The molecule has 1 aliphatic heterocycles. The zero-order valence-corrected chi connectivity index (χ0v) is 27.6. The molecule has 0 radical (unpaired) electrons. The number of anilines is 1. The minimum absolute atomic E-state index is 0.189. The summed E-state index contributed by atoms with van der Waals surface area (Å²) in [7, 11) is 0. The molecule has 11 nitrogen and oxygen atoms in total. The second-order valence-electron chi connectivity index (χ2n) is 12.8. The van der Waals surface area contributed by atoms with Crippen molar-refractivity contribution < 1.29 is 27.8 Å². The lowest BCUT2D eigenvalue weighted by Gasteiger charge is -2.39. The summed E-state index contributed by atoms with van der Waals surface area (Å²) in [5.74, 6) is -0.299. The minimum Gasteiger partial charge on any atom is -0.476 e. The number of benzene rings is 1. The number of pyridine rings is 3. The number of carbonyl (C=O) groups is 2. The quantitative estimate of drug-likeness (QED) is 0.175. The van der Waals surface area contributed by atoms with Gasteiger partial charge in [0.25, 0.3) is 11.8 Å². The van der Waals surface area contributed by atoms with E-state index >= 15 is 0 Å². The van der Waals surface area contributed by atoms with Crippen LogP contribution in [0.5, 0.6) is 11.6 Å². The molecule has 49 heavy (non-hydrogen) atoms. The molecule has 1 unspecified atom stereocenters. The largest absolute Gasteiger partial charge is 0.476 e. The molecule has 252 valence electrons. The summed E-state index contributed by atoms with van der Waals surface area (Å²) in [4.78, 5) is 42.0. The van der Waals surface area contributed by atoms with Gasteiger partial charge < -0.3 is 15.2 Å². The number of carbonyl (C=O) groups excluding carboxylic acids is 2. The number of ether oxygens (including phenoxy) is 2. The summed E-state index contributed by atoms with van der Waals surface area (Å²) < 4.78 is 38.3. The second-order valence-corrected chi connectivity index (χ2v) is 13.2. The van der Waals surface area contributed by atoms with Crippen LogP contribution < -0.4 is 20.1 Å². The van der Waals surface area contributed by atoms with Crippen LogP contribution in [-0.2, 0) is 17.8 Å². The number of alkyl halides is 2. The molecule has 2 N–H and O–H groups in total. The van der Waals surface area contributed by atoms with E-state index in [1.807, 2.05) is 13.0 Å². The van der Waals surface area contributed by atoms with Crippen LogP contribution in [0.3, 0.4) is 0 Å². The summed E-state index contributed by atoms with van der Waals surface area (Å²) in [5.41, 5.74) is 8.92. The summed E-state index contributed by atoms with van der Waals surface area (Å²) in [5, 5.41) is 5.68. The van der Waals surface area contributed by atoms with E-state index in [0.717, 1.165) is 12.8 Å². The predicted molar refractivity (Wildman–Crippen MR) is 178 cm³/mol. The highest BCUT2D eigenvalue weighted by atomic mass is 35.5. The Hall–Kier alpha value is -5.17. The first kappa shape index (κ1) is 32.4. The van der Waals surface area contributed by atoms with Crippen LogP contribution in [0.1, 0.15) is 67.1 Å². The summed E-state index contributed by atoms with van der Waals surface area (Å²) >= 11 is 6.04. The SMILES string of the molecule is CC(c1cccc(OC(F)F)n1)n1ncc2c(-c3ccc4c(c3)OC(C)(C)C(=O)N4Cc3ccc(Cl)cn3)c(C(N)=O)c(CC3CC3)nc21. The first-order valence-corrected chi connectivity index (χ1v) is 16.1. The first-order valence-electron chi connectivity index (χ1n) is 15.8. The molecular formula is C35H32ClF2N7O4. The van der Waals surface area contributed by atoms with E-state index in [1.165, 1.54) is 12.3 Å². The number of amides is 2. The van der Waals surface area contributed by atoms with Crippen LogP contribution in [0.25, 0.3) is 22.2 Å². The molecular weight excluding hydrogens is 656 g/mol. The van der Waals surface area contributed by atoms with Gasteiger partial charge in [-0.2, -0.15) is 13.9 Å². The lowest BCUT2D eigenvalue weighted by atomic mass is 9.92. The molecule has 2 amide bonds. The Morgan fingerprint density at radius 2 is 1.94 bits per heavy atom. The lowest BCUT2D eigenvalue weighted by molar-refractivity contribution is -0.132. The van der Waals surface area contributed by atoms with E-state index in [1.54, 1.807) is 66.0 Å². The number of rotatable bonds is 10. The standard InChI is InChI=1S/C35H32ClF2N7O4/c1-18(24-5-4-6-28(42-24)48-34(37)38)45-32-23(16-41-45)29(30(31(39)46)25(43-32)13-19-7-8-19)20-9-12-26-27(14-20)49-35(2,3)33(47)44(26)17-22-11-10-21(36)15-40-22/h4-6,9-12,14-16,18-19,34H,7-8,13,17H2,1-3H3,(H2,39,46). The molecule has 0 saturated heterocycles. The zero-order valence-electron chi connectivity index (χ0n) is 26.9. The van der Waals surface area contributed by atoms with Gasteiger partial charge in [0, 0.05) is 23.2 Å². The molecule has 1 fully saturated rings. The fourth-order valence-corrected chi connectivity index (χ4v) is 6.30. The highest BCUT2D eigenvalue weighted by Crippen LogP contribution is 2.44. The van der Waals surface area contributed by atoms with Crippen molar-refractivity contribution in [3.05, 3.63) is 88.6 Å². The van der Waals surface area contributed by atoms with Gasteiger partial charge >= 0.3 is 6.61 Å². The van der Waals surface area contributed by atoms with Crippen molar-refractivity contribution in [3.63, 3.8) is 0 Å². The van der Waals surface area contributed by atoms with Crippen molar-refractivity contribution in [2.45, 2.75) is 64.8 Å². The van der Waals surface area contributed by atoms with Gasteiger partial charge in [-0.15, -0.1) is 0 Å². The monoisotopic (exact) mass is 687 g/mol. The van der Waals surface area contributed by atoms with Crippen molar-refractivity contribution in [1.29, 1.82) is 0 Å². The lowest BCUT2D eigenvalue weighted by Crippen LogP contribution is -2.52. The molecule has 0 spiro atoms. The van der Waals surface area contributed by atoms with Crippen LogP contribution in [0.2, 0.25) is 5.02 Å². The smallest absolute Gasteiger partial charge is 0.388 e. The molecule has 1 atom stereocenters. The van der Waals surface area contributed by atoms with Crippen molar-refractivity contribution >= 4 is 40.1 Å². The normalized spacial score (nSPS) is 16.1. The van der Waals surface area contributed by atoms with Gasteiger partial charge in [0.2, 0.25) is 5.88 Å². The molecule has 1 saturated carbocycles. The first-order chi connectivity index (χ1) is 23.4. The third-order valence-corrected chi connectivity index (χ3v) is 8.99. The van der Waals surface area contributed by atoms with Crippen LogP contribution in [0.4, 0.5) is 14.5 Å². The fourth-order valence-electron chi connectivity index (χ4n) is 6.19. The maximum Gasteiger partial charge on any atom is 0.388 e. The van der Waals surface area contributed by atoms with Crippen LogP contribution in [0, 0.1) is 5.92 Å². The molecule has 1 aliphatic carbocycles. The van der Waals surface area contributed by atoms with Crippen LogP contribution in [0.15, 0.2) is 60.9 Å². The maximum absolute atomic E-state index is 13.6. The highest BCUT2D eigenvalue weighted by molar-refractivity contribution is 6.30. The molecule has 5 heterocycles. The molecule has 4 aromatic heterocycles. The Balaban J connectivity index is 1.37. The van der Waals surface area contributed by atoms with Crippen molar-refractivity contribution in [2.24, 2.45) is 11.7 Å². The molecule has 1 aromatic carbocycles. The Morgan fingerprint density at radius 1 is 1.14 bits per heavy atom. The molecule has 0 bridgehead atoms. The predicted octanol–water partition coefficient (Wildman–Crippen LogP) is 6.51. The molecule has 7 rings (SSSR count). The highest BCUT2D eigenvalue weighted by Gasteiger charge is 2.41. The van der Waals surface area contributed by atoms with E-state index in [0.29, 0.717) is 68.0 Å². The van der Waals surface area contributed by atoms with Crippen LogP contribution in [-0.4, -0.2) is 48.8 Å². The summed E-state index contributed by atoms with van der Waals surface area (Å²) in [6, 6.07) is 12.9. The summed E-state index contributed by atoms with van der Waals surface area (Å²) in [6.07, 6.45) is 5.70. The maximum atomic E-state index is 13.6. The van der Waals surface area contributed by atoms with Gasteiger partial charge in [0.05, 0.1) is 52.1 Å². The molecule has 5 aromatic rings. The van der Waals surface area contributed by atoms with Gasteiger partial charge in [0.15, 0.2) is 11.2 Å². The Labute approximate surface area is 285 Å². The van der Waals surface area contributed by atoms with Crippen molar-refractivity contribution in [3.8, 4) is 22.8 Å². The number of fused-ring (bicyclic) bond motifs is 2. The summed E-state index contributed by atoms with van der Waals surface area (Å²) in [6.45, 7) is 2.38. The van der Waals surface area contributed by atoms with Gasteiger partial charge in [-0.1, -0.05) is 23.7 Å². The van der Waals surface area contributed by atoms with Crippen LogP contribution >= 0.6 is 11.6 Å². The number of hydrogen-bond acceptors (Lipinski definition) is 8. The van der Waals surface area contributed by atoms with Gasteiger partial charge in [-0.25, -0.2) is 14.6 Å². The molecule has 14 heteroatoms. The van der Waals surface area contributed by atoms with E-state index in [2.05, 4.69) is 19.8 Å². The van der Waals surface area contributed by atoms with Gasteiger partial charge in [0.1, 0.15) is 5.75 Å². The Bertz CT molecular complexity index is 2100. The van der Waals surface area contributed by atoms with Crippen molar-refractivity contribution in [2.75, 3.05) is 4.90 Å². The number of nitrogens with zero attached hydrogens (tertiary/aromatic N) is 6. The third kappa shape index (κ3) is 6.26. The van der Waals surface area contributed by atoms with E-state index in [-0.39, 0.29) is 23.9 Å². The zero-order chi connectivity index (χ0) is 34.6. The number of primary amides is 1. The van der Waals surface area contributed by atoms with Gasteiger partial charge in [-0.05, 0) is 81.8 Å².